The fraction of sp³-hybridized carbons (Fsp3) is 0.353. The van der Waals surface area contributed by atoms with Crippen LogP contribution in [0.15, 0.2) is 36.8 Å². The highest BCUT2D eigenvalue weighted by Gasteiger charge is 2.28. The van der Waals surface area contributed by atoms with E-state index in [2.05, 4.69) is 21.1 Å². The van der Waals surface area contributed by atoms with Gasteiger partial charge in [0.2, 0.25) is 0 Å². The predicted octanol–water partition coefficient (Wildman–Crippen LogP) is 2.00. The molecule has 1 amide bonds. The number of H-pyrrole nitrogens is 1. The molecule has 6 heteroatoms. The third kappa shape index (κ3) is 2.72. The number of nitrogens with one attached hydrogen (secondary N) is 1. The number of aromatic amines is 1. The summed E-state index contributed by atoms with van der Waals surface area (Å²) in [4.78, 5) is 21.9. The number of aryl methyl sites for hydroxylation is 1. The second-order valence-electron chi connectivity index (χ2n) is 6.24. The number of likely N-dealkylation sites (tertiary alicyclic amines) is 1. The molecular weight excluding hydrogens is 290 g/mol. The molecule has 0 radical (unpaired) electrons. The third-order valence-electron chi connectivity index (χ3n) is 4.49. The number of aromatic nitrogens is 4. The van der Waals surface area contributed by atoms with Gasteiger partial charge in [0, 0.05) is 44.1 Å². The number of carbonyl (C=O) groups excluding carboxylic acids is 1. The van der Waals surface area contributed by atoms with E-state index in [1.807, 2.05) is 30.4 Å². The highest BCUT2D eigenvalue weighted by atomic mass is 16.2. The Hall–Kier alpha value is -2.63. The maximum atomic E-state index is 12.4. The molecule has 3 aromatic rings. The van der Waals surface area contributed by atoms with Crippen LogP contribution in [0.1, 0.15) is 22.5 Å². The van der Waals surface area contributed by atoms with Crippen LogP contribution in [0, 0.1) is 5.92 Å². The first-order valence-corrected chi connectivity index (χ1v) is 7.90. The number of hydrogen-bond acceptors (Lipinski definition) is 3. The maximum absolute atomic E-state index is 12.4. The topological polar surface area (TPSA) is 66.8 Å². The number of pyridine rings is 1. The van der Waals surface area contributed by atoms with E-state index < -0.39 is 0 Å². The van der Waals surface area contributed by atoms with Gasteiger partial charge in [-0.3, -0.25) is 9.48 Å². The van der Waals surface area contributed by atoms with E-state index in [0.717, 1.165) is 37.0 Å². The molecule has 1 N–H and O–H groups in total. The predicted molar refractivity (Wildman–Crippen MR) is 87.0 cm³/mol. The van der Waals surface area contributed by atoms with Gasteiger partial charge >= 0.3 is 0 Å². The van der Waals surface area contributed by atoms with Crippen molar-refractivity contribution in [2.45, 2.75) is 12.8 Å². The Morgan fingerprint density at radius 2 is 2.35 bits per heavy atom. The van der Waals surface area contributed by atoms with Crippen LogP contribution in [0.2, 0.25) is 0 Å². The SMILES string of the molecule is Cn1ccc(C(=O)N2CC[C@@H](Cc3cnc4[nH]ccc4c3)C2)n1. The summed E-state index contributed by atoms with van der Waals surface area (Å²) in [6, 6.07) is 6.00. The molecule has 0 bridgehead atoms. The number of hydrogen-bond donors (Lipinski definition) is 1. The lowest BCUT2D eigenvalue weighted by Crippen LogP contribution is -2.29. The van der Waals surface area contributed by atoms with Crippen molar-refractivity contribution >= 4 is 16.9 Å². The zero-order valence-electron chi connectivity index (χ0n) is 13.1. The quantitative estimate of drug-likeness (QED) is 0.804. The minimum Gasteiger partial charge on any atom is -0.346 e. The van der Waals surface area contributed by atoms with E-state index in [1.54, 1.807) is 16.9 Å². The van der Waals surface area contributed by atoms with E-state index in [-0.39, 0.29) is 5.91 Å². The molecule has 1 aliphatic rings. The molecule has 0 unspecified atom stereocenters. The number of amides is 1. The van der Waals surface area contributed by atoms with Crippen LogP contribution in [0.5, 0.6) is 0 Å². The molecule has 0 aromatic carbocycles. The molecule has 0 aliphatic carbocycles. The van der Waals surface area contributed by atoms with Crippen molar-refractivity contribution in [1.82, 2.24) is 24.6 Å². The van der Waals surface area contributed by atoms with Gasteiger partial charge in [-0.25, -0.2) is 4.98 Å². The van der Waals surface area contributed by atoms with Crippen molar-refractivity contribution < 1.29 is 4.79 Å². The lowest BCUT2D eigenvalue weighted by molar-refractivity contribution is 0.0780. The molecule has 3 aromatic heterocycles. The highest BCUT2D eigenvalue weighted by Crippen LogP contribution is 2.23. The van der Waals surface area contributed by atoms with Gasteiger partial charge in [-0.1, -0.05) is 0 Å². The van der Waals surface area contributed by atoms with Crippen LogP contribution >= 0.6 is 0 Å². The Morgan fingerprint density at radius 3 is 3.17 bits per heavy atom. The lowest BCUT2D eigenvalue weighted by Gasteiger charge is -2.15. The third-order valence-corrected chi connectivity index (χ3v) is 4.49. The summed E-state index contributed by atoms with van der Waals surface area (Å²) in [6.45, 7) is 1.60. The van der Waals surface area contributed by atoms with E-state index in [9.17, 15) is 4.79 Å². The molecule has 0 saturated carbocycles. The van der Waals surface area contributed by atoms with Gasteiger partial charge in [0.25, 0.3) is 5.91 Å². The molecule has 1 saturated heterocycles. The van der Waals surface area contributed by atoms with Gasteiger partial charge in [-0.05, 0) is 42.5 Å². The second kappa shape index (κ2) is 5.53. The second-order valence-corrected chi connectivity index (χ2v) is 6.24. The Balaban J connectivity index is 1.42. The first-order valence-electron chi connectivity index (χ1n) is 7.90. The van der Waals surface area contributed by atoms with E-state index in [1.165, 1.54) is 5.56 Å². The number of rotatable bonds is 3. The smallest absolute Gasteiger partial charge is 0.274 e. The first-order chi connectivity index (χ1) is 11.2. The van der Waals surface area contributed by atoms with Crippen LogP contribution < -0.4 is 0 Å². The van der Waals surface area contributed by atoms with Gasteiger partial charge in [0.05, 0.1) is 0 Å². The average Bonchev–Trinajstić information content (AvgIpc) is 3.26. The standard InChI is InChI=1S/C17H19N5O/c1-21-6-4-15(20-21)17(23)22-7-3-12(11-22)8-13-9-14-2-5-18-16(14)19-10-13/h2,4-6,9-10,12H,3,7-8,11H2,1H3,(H,18,19)/t12-/m0/s1. The molecular formula is C17H19N5O. The largest absolute Gasteiger partial charge is 0.346 e. The van der Waals surface area contributed by atoms with Crippen LogP contribution in [0.3, 0.4) is 0 Å². The molecule has 23 heavy (non-hydrogen) atoms. The van der Waals surface area contributed by atoms with Crippen molar-refractivity contribution in [1.29, 1.82) is 0 Å². The normalized spacial score (nSPS) is 18.0. The maximum Gasteiger partial charge on any atom is 0.274 e. The monoisotopic (exact) mass is 309 g/mol. The fourth-order valence-corrected chi connectivity index (χ4v) is 3.31. The van der Waals surface area contributed by atoms with Gasteiger partial charge in [0.15, 0.2) is 0 Å². The molecule has 1 aliphatic heterocycles. The molecule has 118 valence electrons. The molecule has 4 rings (SSSR count). The van der Waals surface area contributed by atoms with E-state index >= 15 is 0 Å². The minimum atomic E-state index is 0.0345. The summed E-state index contributed by atoms with van der Waals surface area (Å²) in [5.74, 6) is 0.521. The van der Waals surface area contributed by atoms with E-state index in [4.69, 9.17) is 0 Å². The Labute approximate surface area is 134 Å². The van der Waals surface area contributed by atoms with Crippen molar-refractivity contribution in [3.63, 3.8) is 0 Å². The van der Waals surface area contributed by atoms with Crippen LogP contribution in [-0.2, 0) is 13.5 Å². The Morgan fingerprint density at radius 1 is 1.43 bits per heavy atom. The van der Waals surface area contributed by atoms with Crippen LogP contribution in [0.25, 0.3) is 11.0 Å². The van der Waals surface area contributed by atoms with Crippen LogP contribution in [0.4, 0.5) is 0 Å². The number of carbonyl (C=O) groups is 1. The van der Waals surface area contributed by atoms with Crippen molar-refractivity contribution in [3.05, 3.63) is 48.0 Å². The zero-order chi connectivity index (χ0) is 15.8. The van der Waals surface area contributed by atoms with Gasteiger partial charge in [-0.2, -0.15) is 5.10 Å². The molecule has 1 atom stereocenters. The number of fused-ring (bicyclic) bond motifs is 1. The molecule has 6 nitrogen and oxygen atoms in total. The summed E-state index contributed by atoms with van der Waals surface area (Å²) in [5, 5.41) is 5.35. The molecule has 0 spiro atoms. The minimum absolute atomic E-state index is 0.0345. The summed E-state index contributed by atoms with van der Waals surface area (Å²) >= 11 is 0. The Kier molecular flexibility index (Phi) is 3.37. The highest BCUT2D eigenvalue weighted by molar-refractivity contribution is 5.92. The zero-order valence-corrected chi connectivity index (χ0v) is 13.1. The summed E-state index contributed by atoms with van der Waals surface area (Å²) in [6.07, 6.45) is 7.63. The fourth-order valence-electron chi connectivity index (χ4n) is 3.31. The van der Waals surface area contributed by atoms with Gasteiger partial charge in [-0.15, -0.1) is 0 Å². The van der Waals surface area contributed by atoms with Crippen molar-refractivity contribution in [2.24, 2.45) is 13.0 Å². The van der Waals surface area contributed by atoms with Crippen LogP contribution in [-0.4, -0.2) is 43.6 Å². The lowest BCUT2D eigenvalue weighted by atomic mass is 9.99. The summed E-state index contributed by atoms with van der Waals surface area (Å²) in [7, 11) is 1.83. The van der Waals surface area contributed by atoms with Crippen molar-refractivity contribution in [2.75, 3.05) is 13.1 Å². The number of nitrogens with zero attached hydrogens (tertiary/aromatic N) is 4. The summed E-state index contributed by atoms with van der Waals surface area (Å²) < 4.78 is 1.67. The molecule has 4 heterocycles. The molecule has 1 fully saturated rings. The average molecular weight is 309 g/mol. The van der Waals surface area contributed by atoms with Crippen molar-refractivity contribution in [3.8, 4) is 0 Å². The summed E-state index contributed by atoms with van der Waals surface area (Å²) in [5.41, 5.74) is 2.69. The van der Waals surface area contributed by atoms with Gasteiger partial charge < -0.3 is 9.88 Å². The Bertz CT molecular complexity index is 849. The van der Waals surface area contributed by atoms with Gasteiger partial charge in [0.1, 0.15) is 11.3 Å². The van der Waals surface area contributed by atoms with E-state index in [0.29, 0.717) is 11.6 Å². The first kappa shape index (κ1) is 14.0.